The van der Waals surface area contributed by atoms with Gasteiger partial charge in [0, 0.05) is 14.8 Å². The lowest BCUT2D eigenvalue weighted by Crippen LogP contribution is -2.18. The molecule has 0 fully saturated rings. The fourth-order valence-corrected chi connectivity index (χ4v) is 2.72. The first-order valence-corrected chi connectivity index (χ1v) is 7.59. The number of carbonyl (C=O) groups excluding carboxylic acids is 1. The average molecular weight is 323 g/mol. The number of ether oxygens (including phenoxy) is 1. The monoisotopic (exact) mass is 322 g/mol. The van der Waals surface area contributed by atoms with Gasteiger partial charge in [0.2, 0.25) is 0 Å². The fraction of sp³-hybridized carbons (Fsp3) is 0.200. The molecule has 0 saturated carbocycles. The van der Waals surface area contributed by atoms with Gasteiger partial charge >= 0.3 is 0 Å². The van der Waals surface area contributed by atoms with Crippen LogP contribution in [0.5, 0.6) is 5.75 Å². The number of thiophene rings is 1. The Kier molecular flexibility index (Phi) is 5.36. The first-order valence-electron chi connectivity index (χ1n) is 6.39. The molecular formula is C15H15ClN2O2S. The molecule has 6 heteroatoms. The summed E-state index contributed by atoms with van der Waals surface area (Å²) in [6, 6.07) is 8.88. The maximum Gasteiger partial charge on any atom is 0.275 e. The molecule has 0 spiro atoms. The van der Waals surface area contributed by atoms with Crippen molar-refractivity contribution in [3.8, 4) is 5.75 Å². The standard InChI is InChI=1S/C15H15ClN2O2S/c1-3-11-5-6-12(21-11)9-17-18-15(19)13-8-10(16)4-7-14(13)20-2/h4-9H,3H2,1-2H3,(H,18,19)/b17-9+. The van der Waals surface area contributed by atoms with Gasteiger partial charge in [0.1, 0.15) is 5.75 Å². The Balaban J connectivity index is 2.06. The van der Waals surface area contributed by atoms with Gasteiger partial charge in [-0.2, -0.15) is 5.10 Å². The number of amides is 1. The minimum absolute atomic E-state index is 0.350. The summed E-state index contributed by atoms with van der Waals surface area (Å²) < 4.78 is 5.13. The van der Waals surface area contributed by atoms with Gasteiger partial charge in [0.15, 0.2) is 0 Å². The van der Waals surface area contributed by atoms with Crippen molar-refractivity contribution in [1.29, 1.82) is 0 Å². The molecule has 0 aliphatic rings. The maximum atomic E-state index is 12.1. The number of methoxy groups -OCH3 is 1. The first-order chi connectivity index (χ1) is 10.1. The molecule has 2 aromatic rings. The van der Waals surface area contributed by atoms with Crippen molar-refractivity contribution >= 4 is 35.1 Å². The number of hydrazone groups is 1. The number of carbonyl (C=O) groups is 1. The van der Waals surface area contributed by atoms with Crippen molar-refractivity contribution in [2.24, 2.45) is 5.10 Å². The van der Waals surface area contributed by atoms with Crippen LogP contribution < -0.4 is 10.2 Å². The zero-order chi connectivity index (χ0) is 15.2. The number of halogens is 1. The predicted octanol–water partition coefficient (Wildman–Crippen LogP) is 3.74. The minimum Gasteiger partial charge on any atom is -0.496 e. The highest BCUT2D eigenvalue weighted by Crippen LogP contribution is 2.22. The predicted molar refractivity (Wildman–Crippen MR) is 86.8 cm³/mol. The van der Waals surface area contributed by atoms with E-state index in [1.807, 2.05) is 12.1 Å². The average Bonchev–Trinajstić information content (AvgIpc) is 2.95. The molecule has 4 nitrogen and oxygen atoms in total. The summed E-state index contributed by atoms with van der Waals surface area (Å²) in [5.41, 5.74) is 2.82. The smallest absolute Gasteiger partial charge is 0.275 e. The van der Waals surface area contributed by atoms with E-state index in [0.29, 0.717) is 16.3 Å². The van der Waals surface area contributed by atoms with E-state index in [4.69, 9.17) is 16.3 Å². The molecule has 0 aliphatic heterocycles. The van der Waals surface area contributed by atoms with Gasteiger partial charge in [0.05, 0.1) is 18.9 Å². The lowest BCUT2D eigenvalue weighted by Gasteiger charge is -2.06. The molecule has 1 amide bonds. The molecule has 2 rings (SSSR count). The van der Waals surface area contributed by atoms with E-state index in [2.05, 4.69) is 17.5 Å². The summed E-state index contributed by atoms with van der Waals surface area (Å²) in [5.74, 6) is 0.0920. The quantitative estimate of drug-likeness (QED) is 0.673. The third-order valence-corrected chi connectivity index (χ3v) is 4.19. The molecule has 0 saturated heterocycles. The van der Waals surface area contributed by atoms with Crippen LogP contribution in [0, 0.1) is 0 Å². The highest BCUT2D eigenvalue weighted by atomic mass is 35.5. The molecule has 0 radical (unpaired) electrons. The molecule has 1 aromatic heterocycles. The summed E-state index contributed by atoms with van der Waals surface area (Å²) in [7, 11) is 1.50. The Hall–Kier alpha value is -1.85. The highest BCUT2D eigenvalue weighted by molar-refractivity contribution is 7.13. The van der Waals surface area contributed by atoms with Gasteiger partial charge in [-0.05, 0) is 36.8 Å². The highest BCUT2D eigenvalue weighted by Gasteiger charge is 2.12. The Morgan fingerprint density at radius 1 is 1.43 bits per heavy atom. The Morgan fingerprint density at radius 2 is 2.24 bits per heavy atom. The van der Waals surface area contributed by atoms with E-state index in [1.54, 1.807) is 35.8 Å². The van der Waals surface area contributed by atoms with E-state index in [9.17, 15) is 4.79 Å². The summed E-state index contributed by atoms with van der Waals surface area (Å²) >= 11 is 7.54. The minimum atomic E-state index is -0.363. The van der Waals surface area contributed by atoms with E-state index >= 15 is 0 Å². The number of rotatable bonds is 5. The number of nitrogens with zero attached hydrogens (tertiary/aromatic N) is 1. The topological polar surface area (TPSA) is 50.7 Å². The molecule has 0 atom stereocenters. The number of hydrogen-bond donors (Lipinski definition) is 1. The summed E-state index contributed by atoms with van der Waals surface area (Å²) in [6.45, 7) is 2.10. The SMILES string of the molecule is CCc1ccc(/C=N/NC(=O)c2cc(Cl)ccc2OC)s1. The van der Waals surface area contributed by atoms with Crippen molar-refractivity contribution < 1.29 is 9.53 Å². The van der Waals surface area contributed by atoms with Crippen molar-refractivity contribution in [2.45, 2.75) is 13.3 Å². The Bertz CT molecular complexity index is 667. The molecule has 1 heterocycles. The fourth-order valence-electron chi connectivity index (χ4n) is 1.73. The maximum absolute atomic E-state index is 12.1. The van der Waals surface area contributed by atoms with Crippen molar-refractivity contribution in [1.82, 2.24) is 5.43 Å². The zero-order valence-corrected chi connectivity index (χ0v) is 13.3. The van der Waals surface area contributed by atoms with E-state index < -0.39 is 0 Å². The Morgan fingerprint density at radius 3 is 2.90 bits per heavy atom. The van der Waals surface area contributed by atoms with Crippen LogP contribution in [0.15, 0.2) is 35.4 Å². The molecule has 1 N–H and O–H groups in total. The Labute approximate surface area is 132 Å². The van der Waals surface area contributed by atoms with Crippen LogP contribution >= 0.6 is 22.9 Å². The zero-order valence-electron chi connectivity index (χ0n) is 11.7. The third-order valence-electron chi connectivity index (χ3n) is 2.79. The van der Waals surface area contributed by atoms with Gasteiger partial charge in [0.25, 0.3) is 5.91 Å². The number of hydrogen-bond acceptors (Lipinski definition) is 4. The number of benzene rings is 1. The summed E-state index contributed by atoms with van der Waals surface area (Å²) in [5, 5.41) is 4.43. The molecule has 21 heavy (non-hydrogen) atoms. The van der Waals surface area contributed by atoms with Gasteiger partial charge < -0.3 is 4.74 Å². The van der Waals surface area contributed by atoms with Gasteiger partial charge in [-0.3, -0.25) is 4.79 Å². The van der Waals surface area contributed by atoms with Crippen molar-refractivity contribution in [3.63, 3.8) is 0 Å². The van der Waals surface area contributed by atoms with E-state index in [-0.39, 0.29) is 5.91 Å². The second kappa shape index (κ2) is 7.24. The van der Waals surface area contributed by atoms with Gasteiger partial charge in [-0.25, -0.2) is 5.43 Å². The molecular weight excluding hydrogens is 308 g/mol. The van der Waals surface area contributed by atoms with Gasteiger partial charge in [-0.15, -0.1) is 11.3 Å². The lowest BCUT2D eigenvalue weighted by atomic mass is 10.2. The summed E-state index contributed by atoms with van der Waals surface area (Å²) in [4.78, 5) is 14.3. The third kappa shape index (κ3) is 4.06. The van der Waals surface area contributed by atoms with E-state index in [0.717, 1.165) is 11.3 Å². The summed E-state index contributed by atoms with van der Waals surface area (Å²) in [6.07, 6.45) is 2.61. The van der Waals surface area contributed by atoms with Crippen molar-refractivity contribution in [3.05, 3.63) is 50.7 Å². The van der Waals surface area contributed by atoms with Gasteiger partial charge in [-0.1, -0.05) is 18.5 Å². The molecule has 0 unspecified atom stereocenters. The lowest BCUT2D eigenvalue weighted by molar-refractivity contribution is 0.0952. The number of aryl methyl sites for hydroxylation is 1. The number of nitrogens with one attached hydrogen (secondary N) is 1. The molecule has 0 bridgehead atoms. The molecule has 1 aromatic carbocycles. The molecule has 110 valence electrons. The van der Waals surface area contributed by atoms with Crippen LogP contribution in [-0.2, 0) is 6.42 Å². The van der Waals surface area contributed by atoms with Crippen molar-refractivity contribution in [2.75, 3.05) is 7.11 Å². The first kappa shape index (κ1) is 15.5. The van der Waals surface area contributed by atoms with Crippen LogP contribution in [0.4, 0.5) is 0 Å². The molecule has 0 aliphatic carbocycles. The largest absolute Gasteiger partial charge is 0.496 e. The van der Waals surface area contributed by atoms with Crippen LogP contribution in [0.25, 0.3) is 0 Å². The second-order valence-corrected chi connectivity index (χ2v) is 5.84. The van der Waals surface area contributed by atoms with Crippen LogP contribution in [0.3, 0.4) is 0 Å². The second-order valence-electron chi connectivity index (χ2n) is 4.20. The normalized spacial score (nSPS) is 10.8. The van der Waals surface area contributed by atoms with E-state index in [1.165, 1.54) is 12.0 Å². The van der Waals surface area contributed by atoms with Crippen LogP contribution in [0.2, 0.25) is 5.02 Å². The van der Waals surface area contributed by atoms with Crippen LogP contribution in [-0.4, -0.2) is 19.2 Å². The van der Waals surface area contributed by atoms with Crippen LogP contribution in [0.1, 0.15) is 27.0 Å².